The summed E-state index contributed by atoms with van der Waals surface area (Å²) >= 11 is 0. The number of amides is 1. The number of morpholine rings is 2. The maximum absolute atomic E-state index is 13.6. The van der Waals surface area contributed by atoms with Crippen molar-refractivity contribution >= 4 is 22.9 Å². The number of anilines is 1. The second-order valence-electron chi connectivity index (χ2n) is 9.71. The van der Waals surface area contributed by atoms with E-state index in [0.717, 1.165) is 63.6 Å². The molecule has 1 amide bonds. The smallest absolute Gasteiger partial charge is 0.289 e. The topological polar surface area (TPSA) is 107 Å². The maximum Gasteiger partial charge on any atom is 0.289 e. The highest BCUT2D eigenvalue weighted by molar-refractivity contribution is 5.97. The second kappa shape index (κ2) is 9.75. The fraction of sp³-hybridized carbons (Fsp3) is 0.625. The van der Waals surface area contributed by atoms with Crippen molar-refractivity contribution in [3.8, 4) is 11.4 Å². The van der Waals surface area contributed by atoms with Gasteiger partial charge < -0.3 is 23.8 Å². The molecular weight excluding hydrogens is 462 g/mol. The third-order valence-corrected chi connectivity index (χ3v) is 7.48. The first-order valence-corrected chi connectivity index (χ1v) is 12.8. The molecule has 0 N–H and O–H groups in total. The van der Waals surface area contributed by atoms with Gasteiger partial charge in [0.25, 0.3) is 5.91 Å². The molecule has 0 aromatic carbocycles. The van der Waals surface area contributed by atoms with E-state index in [1.54, 1.807) is 10.9 Å². The van der Waals surface area contributed by atoms with Gasteiger partial charge in [-0.25, -0.2) is 15.0 Å². The van der Waals surface area contributed by atoms with Crippen LogP contribution in [-0.2, 0) is 23.6 Å². The van der Waals surface area contributed by atoms with Crippen LogP contribution >= 0.6 is 0 Å². The van der Waals surface area contributed by atoms with Crippen LogP contribution in [0.2, 0.25) is 0 Å². The van der Waals surface area contributed by atoms with Crippen molar-refractivity contribution in [3.63, 3.8) is 0 Å². The number of piperidine rings is 1. The molecule has 0 radical (unpaired) electrons. The van der Waals surface area contributed by atoms with E-state index in [1.165, 1.54) is 0 Å². The van der Waals surface area contributed by atoms with Gasteiger partial charge in [0.05, 0.1) is 38.2 Å². The Morgan fingerprint density at radius 2 is 1.61 bits per heavy atom. The van der Waals surface area contributed by atoms with Gasteiger partial charge in [-0.2, -0.15) is 5.10 Å². The van der Waals surface area contributed by atoms with Crippen LogP contribution in [0.1, 0.15) is 23.5 Å². The number of hydrogen-bond donors (Lipinski definition) is 0. The fourth-order valence-electron chi connectivity index (χ4n) is 5.42. The molecule has 6 heterocycles. The Labute approximate surface area is 209 Å². The lowest BCUT2D eigenvalue weighted by atomic mass is 10.0. The number of likely N-dealkylation sites (tertiary alicyclic amines) is 1. The lowest BCUT2D eigenvalue weighted by Crippen LogP contribution is -2.50. The van der Waals surface area contributed by atoms with Crippen LogP contribution in [0, 0.1) is 0 Å². The van der Waals surface area contributed by atoms with Crippen molar-refractivity contribution in [2.24, 2.45) is 14.1 Å². The first-order chi connectivity index (χ1) is 17.6. The quantitative estimate of drug-likeness (QED) is 0.513. The number of hydrogen-bond acceptors (Lipinski definition) is 9. The Bertz CT molecular complexity index is 1240. The molecule has 0 aliphatic carbocycles. The SMILES string of the molecule is Cn1cc(-c2nc(N3CCOCC3)c3nc(C(=O)N4CCC(N5CCOCC5)CC4)n(C)c3n2)cn1. The molecule has 3 aromatic rings. The maximum atomic E-state index is 13.6. The van der Waals surface area contributed by atoms with Crippen LogP contribution < -0.4 is 4.90 Å². The molecule has 6 rings (SSSR count). The molecular formula is C24H33N9O3. The molecule has 36 heavy (non-hydrogen) atoms. The summed E-state index contributed by atoms with van der Waals surface area (Å²) < 4.78 is 14.6. The highest BCUT2D eigenvalue weighted by Crippen LogP contribution is 2.29. The normalized spacial score (nSPS) is 20.4. The van der Waals surface area contributed by atoms with Crippen LogP contribution in [0.5, 0.6) is 0 Å². The van der Waals surface area contributed by atoms with Gasteiger partial charge >= 0.3 is 0 Å². The zero-order valence-corrected chi connectivity index (χ0v) is 21.0. The molecule has 12 heteroatoms. The van der Waals surface area contributed by atoms with Crippen LogP contribution in [-0.4, -0.2) is 117 Å². The van der Waals surface area contributed by atoms with Crippen molar-refractivity contribution in [1.29, 1.82) is 0 Å². The summed E-state index contributed by atoms with van der Waals surface area (Å²) in [5.41, 5.74) is 2.13. The first kappa shape index (κ1) is 23.3. The summed E-state index contributed by atoms with van der Waals surface area (Å²) in [5.74, 6) is 1.67. The van der Waals surface area contributed by atoms with Gasteiger partial charge in [-0.3, -0.25) is 14.4 Å². The van der Waals surface area contributed by atoms with Gasteiger partial charge in [0, 0.05) is 65.6 Å². The molecule has 3 fully saturated rings. The number of ether oxygens (including phenoxy) is 2. The van der Waals surface area contributed by atoms with E-state index in [-0.39, 0.29) is 5.91 Å². The van der Waals surface area contributed by atoms with Crippen molar-refractivity contribution < 1.29 is 14.3 Å². The van der Waals surface area contributed by atoms with E-state index >= 15 is 0 Å². The number of nitrogens with zero attached hydrogens (tertiary/aromatic N) is 9. The number of aryl methyl sites for hydroxylation is 2. The van der Waals surface area contributed by atoms with Crippen LogP contribution in [0.15, 0.2) is 12.4 Å². The third kappa shape index (κ3) is 4.33. The van der Waals surface area contributed by atoms with Gasteiger partial charge in [-0.05, 0) is 12.8 Å². The lowest BCUT2D eigenvalue weighted by Gasteiger charge is -2.39. The van der Waals surface area contributed by atoms with Crippen molar-refractivity contribution in [2.45, 2.75) is 18.9 Å². The Kier molecular flexibility index (Phi) is 6.32. The lowest BCUT2D eigenvalue weighted by molar-refractivity contribution is 0.00143. The molecule has 0 atom stereocenters. The highest BCUT2D eigenvalue weighted by atomic mass is 16.5. The van der Waals surface area contributed by atoms with Gasteiger partial charge in [-0.1, -0.05) is 0 Å². The number of aromatic nitrogens is 6. The highest BCUT2D eigenvalue weighted by Gasteiger charge is 2.31. The summed E-state index contributed by atoms with van der Waals surface area (Å²) in [5, 5.41) is 4.28. The third-order valence-electron chi connectivity index (χ3n) is 7.48. The van der Waals surface area contributed by atoms with E-state index < -0.39 is 0 Å². The standard InChI is InChI=1S/C24H33N9O3/c1-29-16-17(15-25-29)20-27-21-19(22(28-20)32-9-13-36-14-10-32)26-23(30(21)2)24(34)33-5-3-18(4-6-33)31-7-11-35-12-8-31/h15-16,18H,3-14H2,1-2H3. The van der Waals surface area contributed by atoms with E-state index in [1.807, 2.05) is 29.8 Å². The Hall–Kier alpha value is -3.09. The van der Waals surface area contributed by atoms with E-state index in [9.17, 15) is 4.79 Å². The van der Waals surface area contributed by atoms with Crippen molar-refractivity contribution in [3.05, 3.63) is 18.2 Å². The van der Waals surface area contributed by atoms with Crippen molar-refractivity contribution in [1.82, 2.24) is 39.1 Å². The minimum absolute atomic E-state index is 0.0493. The van der Waals surface area contributed by atoms with Gasteiger partial charge in [0.2, 0.25) is 5.82 Å². The summed E-state index contributed by atoms with van der Waals surface area (Å²) in [6.45, 7) is 7.70. The number of carbonyl (C=O) groups excluding carboxylic acids is 1. The number of rotatable bonds is 4. The minimum Gasteiger partial charge on any atom is -0.379 e. The van der Waals surface area contributed by atoms with Crippen LogP contribution in [0.3, 0.4) is 0 Å². The number of imidazole rings is 1. The van der Waals surface area contributed by atoms with E-state index in [4.69, 9.17) is 24.4 Å². The zero-order valence-electron chi connectivity index (χ0n) is 21.0. The van der Waals surface area contributed by atoms with Gasteiger partial charge in [0.15, 0.2) is 22.8 Å². The monoisotopic (exact) mass is 495 g/mol. The molecule has 3 aliphatic rings. The zero-order chi connectivity index (χ0) is 24.6. The predicted molar refractivity (Wildman–Crippen MR) is 133 cm³/mol. The summed E-state index contributed by atoms with van der Waals surface area (Å²) in [6, 6.07) is 0.513. The average molecular weight is 496 g/mol. The molecule has 3 aromatic heterocycles. The minimum atomic E-state index is -0.0493. The van der Waals surface area contributed by atoms with Crippen LogP contribution in [0.25, 0.3) is 22.6 Å². The van der Waals surface area contributed by atoms with Gasteiger partial charge in [-0.15, -0.1) is 0 Å². The molecule has 12 nitrogen and oxygen atoms in total. The molecule has 3 aliphatic heterocycles. The molecule has 0 bridgehead atoms. The average Bonchev–Trinajstić information content (AvgIpc) is 3.52. The van der Waals surface area contributed by atoms with Crippen LogP contribution in [0.4, 0.5) is 5.82 Å². The molecule has 0 unspecified atom stereocenters. The van der Waals surface area contributed by atoms with Crippen molar-refractivity contribution in [2.75, 3.05) is 70.6 Å². The Balaban J connectivity index is 1.30. The Morgan fingerprint density at radius 3 is 2.28 bits per heavy atom. The second-order valence-corrected chi connectivity index (χ2v) is 9.71. The van der Waals surface area contributed by atoms with Gasteiger partial charge in [0.1, 0.15) is 0 Å². The molecule has 0 saturated carbocycles. The molecule has 0 spiro atoms. The summed E-state index contributed by atoms with van der Waals surface area (Å²) in [4.78, 5) is 34.8. The first-order valence-electron chi connectivity index (χ1n) is 12.8. The molecule has 192 valence electrons. The van der Waals surface area contributed by atoms with E-state index in [0.29, 0.717) is 55.2 Å². The summed E-state index contributed by atoms with van der Waals surface area (Å²) in [7, 11) is 3.74. The molecule has 3 saturated heterocycles. The largest absolute Gasteiger partial charge is 0.379 e. The summed E-state index contributed by atoms with van der Waals surface area (Å²) in [6.07, 6.45) is 5.59. The van der Waals surface area contributed by atoms with E-state index in [2.05, 4.69) is 14.9 Å². The number of fused-ring (bicyclic) bond motifs is 1. The predicted octanol–water partition coefficient (Wildman–Crippen LogP) is 0.537. The number of carbonyl (C=O) groups is 1. The fourth-order valence-corrected chi connectivity index (χ4v) is 5.42. The Morgan fingerprint density at radius 1 is 0.917 bits per heavy atom.